The van der Waals surface area contributed by atoms with Crippen LogP contribution in [0.2, 0.25) is 0 Å². The number of aromatic nitrogens is 2. The Morgan fingerprint density at radius 2 is 2.15 bits per heavy atom. The predicted octanol–water partition coefficient (Wildman–Crippen LogP) is 1.59. The van der Waals surface area contributed by atoms with Crippen LogP contribution in [0.15, 0.2) is 16.9 Å². The fraction of sp³-hybridized carbons (Fsp3) is 0.375. The average molecular weight is 241 g/mol. The zero-order valence-corrected chi connectivity index (χ0v) is 8.82. The van der Waals surface area contributed by atoms with Gasteiger partial charge < -0.3 is 4.90 Å². The first kappa shape index (κ1) is 9.93. The molecule has 4 nitrogen and oxygen atoms in total. The normalized spacial score (nSPS) is 9.31. The maximum Gasteiger partial charge on any atom is 0.225 e. The van der Waals surface area contributed by atoms with Gasteiger partial charge in [-0.15, -0.1) is 0 Å². The smallest absolute Gasteiger partial charge is 0.225 e. The molecule has 0 aromatic carbocycles. The molecule has 68 valence electrons. The van der Waals surface area contributed by atoms with Crippen molar-refractivity contribution >= 4 is 21.9 Å². The molecule has 0 saturated carbocycles. The summed E-state index contributed by atoms with van der Waals surface area (Å²) >= 11 is 3.25. The summed E-state index contributed by atoms with van der Waals surface area (Å²) in [7, 11) is 1.86. The maximum absolute atomic E-state index is 8.38. The number of hydrogen-bond acceptors (Lipinski definition) is 4. The molecule has 0 saturated heterocycles. The van der Waals surface area contributed by atoms with Gasteiger partial charge in [-0.2, -0.15) is 5.26 Å². The second-order valence-electron chi connectivity index (χ2n) is 2.53. The molecule has 0 unspecified atom stereocenters. The highest BCUT2D eigenvalue weighted by molar-refractivity contribution is 9.10. The first-order valence-corrected chi connectivity index (χ1v) is 4.59. The van der Waals surface area contributed by atoms with E-state index in [0.717, 1.165) is 4.47 Å². The van der Waals surface area contributed by atoms with E-state index in [9.17, 15) is 0 Å². The maximum atomic E-state index is 8.38. The molecule has 0 aliphatic rings. The quantitative estimate of drug-likeness (QED) is 0.806. The summed E-state index contributed by atoms with van der Waals surface area (Å²) < 4.78 is 0.852. The number of nitrogens with zero attached hydrogens (tertiary/aromatic N) is 4. The van der Waals surface area contributed by atoms with Crippen molar-refractivity contribution < 1.29 is 0 Å². The van der Waals surface area contributed by atoms with Crippen LogP contribution in [0.25, 0.3) is 0 Å². The van der Waals surface area contributed by atoms with Crippen LogP contribution in [0.5, 0.6) is 0 Å². The Hall–Kier alpha value is -1.15. The molecule has 1 aromatic rings. The number of rotatable bonds is 3. The molecule has 0 spiro atoms. The van der Waals surface area contributed by atoms with E-state index in [-0.39, 0.29) is 0 Å². The number of nitriles is 1. The Morgan fingerprint density at radius 3 is 2.69 bits per heavy atom. The van der Waals surface area contributed by atoms with Crippen LogP contribution in [0.3, 0.4) is 0 Å². The van der Waals surface area contributed by atoms with Crippen molar-refractivity contribution in [2.24, 2.45) is 0 Å². The van der Waals surface area contributed by atoms with Crippen molar-refractivity contribution in [1.29, 1.82) is 5.26 Å². The van der Waals surface area contributed by atoms with Gasteiger partial charge in [-0.25, -0.2) is 9.97 Å². The standard InChI is InChI=1S/C8H9BrN4/c1-13(4-2-3-10)8-11-5-7(9)6-12-8/h5-6H,2,4H2,1H3. The summed E-state index contributed by atoms with van der Waals surface area (Å²) in [6.07, 6.45) is 3.85. The molecule has 1 rings (SSSR count). The molecular weight excluding hydrogens is 232 g/mol. The summed E-state index contributed by atoms with van der Waals surface area (Å²) in [6.45, 7) is 0.651. The van der Waals surface area contributed by atoms with Crippen LogP contribution < -0.4 is 4.90 Å². The predicted molar refractivity (Wildman–Crippen MR) is 53.2 cm³/mol. The molecule has 0 aliphatic heterocycles. The van der Waals surface area contributed by atoms with E-state index in [0.29, 0.717) is 18.9 Å². The largest absolute Gasteiger partial charge is 0.343 e. The first-order chi connectivity index (χ1) is 6.24. The Morgan fingerprint density at radius 1 is 1.54 bits per heavy atom. The van der Waals surface area contributed by atoms with Gasteiger partial charge in [-0.3, -0.25) is 0 Å². The molecule has 0 aliphatic carbocycles. The Kier molecular flexibility index (Phi) is 3.65. The summed E-state index contributed by atoms with van der Waals surface area (Å²) in [5, 5.41) is 8.38. The first-order valence-electron chi connectivity index (χ1n) is 3.79. The molecule has 0 atom stereocenters. The minimum Gasteiger partial charge on any atom is -0.343 e. The van der Waals surface area contributed by atoms with Crippen molar-refractivity contribution in [3.63, 3.8) is 0 Å². The van der Waals surface area contributed by atoms with E-state index >= 15 is 0 Å². The Labute approximate surface area is 85.4 Å². The zero-order valence-electron chi connectivity index (χ0n) is 7.24. The lowest BCUT2D eigenvalue weighted by Crippen LogP contribution is -2.20. The SMILES string of the molecule is CN(CCC#N)c1ncc(Br)cn1. The summed E-state index contributed by atoms with van der Waals surface area (Å²) in [5.74, 6) is 0.637. The highest BCUT2D eigenvalue weighted by atomic mass is 79.9. The van der Waals surface area contributed by atoms with E-state index in [1.165, 1.54) is 0 Å². The summed E-state index contributed by atoms with van der Waals surface area (Å²) in [5.41, 5.74) is 0. The lowest BCUT2D eigenvalue weighted by molar-refractivity contribution is 0.857. The molecule has 5 heteroatoms. The second-order valence-corrected chi connectivity index (χ2v) is 3.45. The molecular formula is C8H9BrN4. The molecule has 13 heavy (non-hydrogen) atoms. The van der Waals surface area contributed by atoms with Crippen molar-refractivity contribution in [3.05, 3.63) is 16.9 Å². The van der Waals surface area contributed by atoms with E-state index in [1.807, 2.05) is 11.9 Å². The molecule has 0 radical (unpaired) electrons. The minimum atomic E-state index is 0.482. The van der Waals surface area contributed by atoms with Gasteiger partial charge in [0.1, 0.15) is 0 Å². The van der Waals surface area contributed by atoms with Gasteiger partial charge in [-0.05, 0) is 15.9 Å². The minimum absolute atomic E-state index is 0.482. The molecule has 1 aromatic heterocycles. The van der Waals surface area contributed by atoms with Gasteiger partial charge >= 0.3 is 0 Å². The van der Waals surface area contributed by atoms with E-state index in [2.05, 4.69) is 32.0 Å². The summed E-state index contributed by atoms with van der Waals surface area (Å²) in [6, 6.07) is 2.07. The Bertz CT molecular complexity index is 303. The van der Waals surface area contributed by atoms with Crippen LogP contribution in [0, 0.1) is 11.3 Å². The second kappa shape index (κ2) is 4.77. The number of hydrogen-bond donors (Lipinski definition) is 0. The third-order valence-electron chi connectivity index (χ3n) is 1.51. The summed E-state index contributed by atoms with van der Waals surface area (Å²) in [4.78, 5) is 10.0. The highest BCUT2D eigenvalue weighted by Gasteiger charge is 2.02. The van der Waals surface area contributed by atoms with Crippen LogP contribution >= 0.6 is 15.9 Å². The van der Waals surface area contributed by atoms with Crippen LogP contribution in [-0.2, 0) is 0 Å². The Balaban J connectivity index is 2.62. The zero-order chi connectivity index (χ0) is 9.68. The van der Waals surface area contributed by atoms with Gasteiger partial charge in [0.25, 0.3) is 0 Å². The van der Waals surface area contributed by atoms with Gasteiger partial charge in [0.15, 0.2) is 0 Å². The van der Waals surface area contributed by atoms with Crippen LogP contribution in [0.1, 0.15) is 6.42 Å². The average Bonchev–Trinajstić information content (AvgIpc) is 2.15. The van der Waals surface area contributed by atoms with Gasteiger partial charge in [0.05, 0.1) is 17.0 Å². The van der Waals surface area contributed by atoms with Crippen LogP contribution in [-0.4, -0.2) is 23.6 Å². The van der Waals surface area contributed by atoms with Gasteiger partial charge in [0, 0.05) is 26.0 Å². The number of anilines is 1. The monoisotopic (exact) mass is 240 g/mol. The highest BCUT2D eigenvalue weighted by Crippen LogP contribution is 2.09. The van der Waals surface area contributed by atoms with E-state index in [1.54, 1.807) is 12.4 Å². The van der Waals surface area contributed by atoms with Crippen molar-refractivity contribution in [2.45, 2.75) is 6.42 Å². The molecule has 0 amide bonds. The molecule has 1 heterocycles. The van der Waals surface area contributed by atoms with Gasteiger partial charge in [-0.1, -0.05) is 0 Å². The van der Waals surface area contributed by atoms with E-state index in [4.69, 9.17) is 5.26 Å². The van der Waals surface area contributed by atoms with Crippen molar-refractivity contribution in [1.82, 2.24) is 9.97 Å². The lowest BCUT2D eigenvalue weighted by atomic mass is 10.4. The molecule has 0 N–H and O–H groups in total. The third-order valence-corrected chi connectivity index (χ3v) is 1.92. The van der Waals surface area contributed by atoms with Gasteiger partial charge in [0.2, 0.25) is 5.95 Å². The lowest BCUT2D eigenvalue weighted by Gasteiger charge is -2.14. The topological polar surface area (TPSA) is 52.8 Å². The van der Waals surface area contributed by atoms with E-state index < -0.39 is 0 Å². The van der Waals surface area contributed by atoms with Crippen LogP contribution in [0.4, 0.5) is 5.95 Å². The van der Waals surface area contributed by atoms with Crippen molar-refractivity contribution in [2.75, 3.05) is 18.5 Å². The third kappa shape index (κ3) is 2.99. The number of halogens is 1. The molecule has 0 bridgehead atoms. The molecule has 0 fully saturated rings. The fourth-order valence-electron chi connectivity index (χ4n) is 0.820. The van der Waals surface area contributed by atoms with Crippen molar-refractivity contribution in [3.8, 4) is 6.07 Å². The fourth-order valence-corrected chi connectivity index (χ4v) is 1.03.